The summed E-state index contributed by atoms with van der Waals surface area (Å²) in [6.07, 6.45) is 5.26. The van der Waals surface area contributed by atoms with E-state index in [1.165, 1.54) is 0 Å². The number of nitrogens with zero attached hydrogens (tertiary/aromatic N) is 2. The van der Waals surface area contributed by atoms with Crippen LogP contribution < -0.4 is 0 Å². The summed E-state index contributed by atoms with van der Waals surface area (Å²) in [5.41, 5.74) is 2.10. The smallest absolute Gasteiger partial charge is 0.00456 e. The molecule has 1 aliphatic heterocycles. The molecule has 13 heavy (non-hydrogen) atoms. The summed E-state index contributed by atoms with van der Waals surface area (Å²) in [5.74, 6) is 0. The minimum Gasteiger partial charge on any atom is -0.389 e. The molecule has 0 aromatic carbocycles. The first-order chi connectivity index (χ1) is 5.52. The third-order valence-electron chi connectivity index (χ3n) is 1.56. The summed E-state index contributed by atoms with van der Waals surface area (Å²) in [6.45, 7) is 5.99. The van der Waals surface area contributed by atoms with Gasteiger partial charge in [0.25, 0.3) is 0 Å². The monoisotopic (exact) mass is 364 g/mol. The molecule has 0 aromatic rings. The summed E-state index contributed by atoms with van der Waals surface area (Å²) < 4.78 is 1.16. The van der Waals surface area contributed by atoms with Crippen LogP contribution in [0.4, 0.5) is 0 Å². The van der Waals surface area contributed by atoms with Gasteiger partial charge in [0.15, 0.2) is 0 Å². The standard InChI is InChI=1S/C9H12IN2.Y/c1-7-5-9(10)8(2)12(6-7)11(3)4;/h5H,2H2,1,3-4H3;/q-1;. The van der Waals surface area contributed by atoms with Gasteiger partial charge in [0.2, 0.25) is 0 Å². The molecule has 0 saturated heterocycles. The minimum atomic E-state index is 0. The number of rotatable bonds is 1. The zero-order valence-corrected chi connectivity index (χ0v) is 13.1. The van der Waals surface area contributed by atoms with Crippen LogP contribution >= 0.6 is 22.6 Å². The number of hydrogen-bond donors (Lipinski definition) is 0. The van der Waals surface area contributed by atoms with Gasteiger partial charge in [-0.15, -0.1) is 12.2 Å². The number of hydrogen-bond acceptors (Lipinski definition) is 2. The molecule has 0 fully saturated rings. The number of halogens is 1. The molecule has 0 aromatic heterocycles. The van der Waals surface area contributed by atoms with Gasteiger partial charge in [-0.3, -0.25) is 0 Å². The molecule has 0 bridgehead atoms. The van der Waals surface area contributed by atoms with E-state index in [1.54, 1.807) is 0 Å². The molecule has 1 radical (unpaired) electrons. The summed E-state index contributed by atoms with van der Waals surface area (Å²) >= 11 is 2.28. The molecule has 2 nitrogen and oxygen atoms in total. The molecule has 0 amide bonds. The van der Waals surface area contributed by atoms with Crippen molar-refractivity contribution >= 4 is 22.6 Å². The average Bonchev–Trinajstić information content (AvgIpc) is 1.96. The molecule has 0 unspecified atom stereocenters. The van der Waals surface area contributed by atoms with Crippen molar-refractivity contribution in [1.82, 2.24) is 10.0 Å². The van der Waals surface area contributed by atoms with E-state index >= 15 is 0 Å². The Hall–Kier alpha value is 0.814. The second-order valence-electron chi connectivity index (χ2n) is 2.89. The average molecular weight is 364 g/mol. The molecule has 0 atom stereocenters. The van der Waals surface area contributed by atoms with Crippen molar-refractivity contribution in [3.05, 3.63) is 33.7 Å². The molecule has 0 aliphatic carbocycles. The van der Waals surface area contributed by atoms with E-state index in [0.29, 0.717) is 0 Å². The predicted octanol–water partition coefficient (Wildman–Crippen LogP) is 2.32. The van der Waals surface area contributed by atoms with Gasteiger partial charge in [0.1, 0.15) is 0 Å². The van der Waals surface area contributed by atoms with Crippen molar-refractivity contribution in [2.24, 2.45) is 0 Å². The fourth-order valence-electron chi connectivity index (χ4n) is 0.983. The molecular weight excluding hydrogens is 352 g/mol. The number of hydrazine groups is 1. The van der Waals surface area contributed by atoms with E-state index in [9.17, 15) is 0 Å². The first kappa shape index (κ1) is 13.8. The molecule has 1 aliphatic rings. The van der Waals surface area contributed by atoms with Gasteiger partial charge in [-0.2, -0.15) is 6.08 Å². The zero-order chi connectivity index (χ0) is 9.30. The second-order valence-corrected chi connectivity index (χ2v) is 4.05. The topological polar surface area (TPSA) is 6.48 Å². The van der Waals surface area contributed by atoms with Crippen molar-refractivity contribution < 1.29 is 32.7 Å². The molecule has 1 heterocycles. The van der Waals surface area contributed by atoms with Crippen molar-refractivity contribution in [2.75, 3.05) is 14.1 Å². The maximum absolute atomic E-state index is 3.96. The van der Waals surface area contributed by atoms with Crippen LogP contribution in [0.2, 0.25) is 0 Å². The van der Waals surface area contributed by atoms with Crippen LogP contribution in [0.1, 0.15) is 6.92 Å². The number of allylic oxidation sites excluding steroid dienone is 3. The maximum Gasteiger partial charge on any atom is 0.00456 e. The Morgan fingerprint density at radius 3 is 2.54 bits per heavy atom. The molecule has 0 spiro atoms. The SMILES string of the molecule is C=C1C(I)=CC(C)=[C-]N1N(C)C.[Y]. The van der Waals surface area contributed by atoms with Crippen LogP contribution in [0, 0.1) is 6.20 Å². The van der Waals surface area contributed by atoms with Crippen molar-refractivity contribution in [2.45, 2.75) is 6.92 Å². The summed E-state index contributed by atoms with van der Waals surface area (Å²) in [5, 5.41) is 3.87. The summed E-state index contributed by atoms with van der Waals surface area (Å²) in [7, 11) is 3.95. The van der Waals surface area contributed by atoms with Crippen molar-refractivity contribution in [3.63, 3.8) is 0 Å². The van der Waals surface area contributed by atoms with Gasteiger partial charge < -0.3 is 5.01 Å². The van der Waals surface area contributed by atoms with Gasteiger partial charge >= 0.3 is 0 Å². The summed E-state index contributed by atoms with van der Waals surface area (Å²) in [4.78, 5) is 0. The molecule has 0 saturated carbocycles. The molecular formula is C9H12IN2Y-. The Morgan fingerprint density at radius 1 is 1.54 bits per heavy atom. The van der Waals surface area contributed by atoms with Crippen molar-refractivity contribution in [3.8, 4) is 0 Å². The predicted molar refractivity (Wildman–Crippen MR) is 59.2 cm³/mol. The molecule has 1 rings (SSSR count). The second kappa shape index (κ2) is 5.64. The Bertz CT molecular complexity index is 269. The Labute approximate surface area is 119 Å². The molecule has 4 heteroatoms. The normalized spacial score (nSPS) is 16.7. The van der Waals surface area contributed by atoms with E-state index in [2.05, 4.69) is 41.4 Å². The quantitative estimate of drug-likeness (QED) is 0.521. The Kier molecular flexibility index (Phi) is 5.99. The fourth-order valence-corrected chi connectivity index (χ4v) is 1.68. The van der Waals surface area contributed by atoms with Gasteiger partial charge in [-0.05, 0) is 5.70 Å². The van der Waals surface area contributed by atoms with Crippen LogP contribution in [0.5, 0.6) is 0 Å². The largest absolute Gasteiger partial charge is 0.389 e. The summed E-state index contributed by atoms with van der Waals surface area (Å²) in [6, 6.07) is 0. The van der Waals surface area contributed by atoms with E-state index < -0.39 is 0 Å². The van der Waals surface area contributed by atoms with Gasteiger partial charge in [-0.25, -0.2) is 5.01 Å². The van der Waals surface area contributed by atoms with E-state index in [4.69, 9.17) is 0 Å². The minimum absolute atomic E-state index is 0. The van der Waals surface area contributed by atoms with Crippen LogP contribution in [0.25, 0.3) is 0 Å². The third-order valence-corrected chi connectivity index (χ3v) is 2.49. The first-order valence-corrected chi connectivity index (χ1v) is 4.74. The van der Waals surface area contributed by atoms with Crippen molar-refractivity contribution in [1.29, 1.82) is 0 Å². The molecule has 69 valence electrons. The third kappa shape index (κ3) is 3.46. The first-order valence-electron chi connectivity index (χ1n) is 3.66. The Morgan fingerprint density at radius 2 is 2.08 bits per heavy atom. The van der Waals surface area contributed by atoms with Crippen LogP contribution in [0.15, 0.2) is 27.5 Å². The van der Waals surface area contributed by atoms with E-state index in [0.717, 1.165) is 14.8 Å². The van der Waals surface area contributed by atoms with Crippen LogP contribution in [-0.4, -0.2) is 24.1 Å². The van der Waals surface area contributed by atoms with Gasteiger partial charge in [0, 0.05) is 46.8 Å². The molecule has 0 N–H and O–H groups in total. The van der Waals surface area contributed by atoms with Gasteiger partial charge in [0.05, 0.1) is 0 Å². The maximum atomic E-state index is 3.96. The van der Waals surface area contributed by atoms with E-state index in [-0.39, 0.29) is 32.7 Å². The van der Waals surface area contributed by atoms with E-state index in [1.807, 2.05) is 31.0 Å². The van der Waals surface area contributed by atoms with Crippen LogP contribution in [0.3, 0.4) is 0 Å². The Balaban J connectivity index is 0.00000144. The van der Waals surface area contributed by atoms with Crippen LogP contribution in [-0.2, 0) is 32.7 Å². The zero-order valence-electron chi connectivity index (χ0n) is 8.13. The van der Waals surface area contributed by atoms with Gasteiger partial charge in [-0.1, -0.05) is 39.3 Å². The fraction of sp³-hybridized carbons (Fsp3) is 0.333.